The van der Waals surface area contributed by atoms with Gasteiger partial charge in [0.15, 0.2) is 0 Å². The third-order valence-electron chi connectivity index (χ3n) is 2.53. The fourth-order valence-corrected chi connectivity index (χ4v) is 3.50. The molecule has 0 aliphatic carbocycles. The van der Waals surface area contributed by atoms with Crippen molar-refractivity contribution in [3.8, 4) is 0 Å². The first-order valence-electron chi connectivity index (χ1n) is 5.81. The van der Waals surface area contributed by atoms with Gasteiger partial charge in [-0.05, 0) is 48.6 Å². The number of nitrogens with zero attached hydrogens (tertiary/aromatic N) is 1. The fourth-order valence-electron chi connectivity index (χ4n) is 1.56. The molecular formula is C14H13BrN2OS2. The Hall–Kier alpha value is -1.24. The van der Waals surface area contributed by atoms with Crippen molar-refractivity contribution >= 4 is 48.7 Å². The first kappa shape index (κ1) is 15.2. The van der Waals surface area contributed by atoms with E-state index in [1.54, 1.807) is 18.4 Å². The van der Waals surface area contributed by atoms with Crippen LogP contribution in [0.1, 0.15) is 0 Å². The summed E-state index contributed by atoms with van der Waals surface area (Å²) in [6, 6.07) is 16.6. The smallest absolute Gasteiger partial charge is 0.206 e. The molecule has 0 aliphatic rings. The first-order chi connectivity index (χ1) is 9.47. The van der Waals surface area contributed by atoms with Gasteiger partial charge in [-0.3, -0.25) is 0 Å². The molecule has 0 saturated heterocycles. The largest absolute Gasteiger partial charge is 0.330 e. The molecule has 0 aliphatic heterocycles. The van der Waals surface area contributed by atoms with E-state index in [0.717, 1.165) is 10.2 Å². The van der Waals surface area contributed by atoms with Gasteiger partial charge in [0.2, 0.25) is 5.11 Å². The van der Waals surface area contributed by atoms with Crippen molar-refractivity contribution in [2.45, 2.75) is 4.90 Å². The zero-order chi connectivity index (χ0) is 14.6. The predicted octanol–water partition coefficient (Wildman–Crippen LogP) is 4.30. The van der Waals surface area contributed by atoms with Crippen molar-refractivity contribution in [2.24, 2.45) is 4.36 Å². The van der Waals surface area contributed by atoms with E-state index in [-0.39, 0.29) is 5.11 Å². The summed E-state index contributed by atoms with van der Waals surface area (Å²) < 4.78 is 17.7. The molecule has 1 atom stereocenters. The molecule has 104 valence electrons. The molecule has 2 rings (SSSR count). The third-order valence-corrected chi connectivity index (χ3v) is 5.05. The molecule has 0 fully saturated rings. The average Bonchev–Trinajstić information content (AvgIpc) is 2.42. The van der Waals surface area contributed by atoms with E-state index in [0.29, 0.717) is 4.90 Å². The van der Waals surface area contributed by atoms with E-state index in [1.807, 2.05) is 42.5 Å². The molecule has 0 aromatic heterocycles. The van der Waals surface area contributed by atoms with Crippen LogP contribution in [0.4, 0.5) is 5.69 Å². The van der Waals surface area contributed by atoms with Gasteiger partial charge in [0.25, 0.3) is 0 Å². The van der Waals surface area contributed by atoms with Gasteiger partial charge in [-0.2, -0.15) is 4.36 Å². The molecule has 20 heavy (non-hydrogen) atoms. The van der Waals surface area contributed by atoms with E-state index < -0.39 is 9.73 Å². The highest BCUT2D eigenvalue weighted by atomic mass is 79.9. The molecule has 3 nitrogen and oxygen atoms in total. The number of anilines is 1. The fraction of sp³-hybridized carbons (Fsp3) is 0.0714. The molecule has 1 N–H and O–H groups in total. The van der Waals surface area contributed by atoms with Gasteiger partial charge in [0, 0.05) is 21.3 Å². The molecule has 0 amide bonds. The Balaban J connectivity index is 2.20. The number of thiocarbonyl (C=S) groups is 1. The average molecular weight is 369 g/mol. The molecule has 0 saturated carbocycles. The van der Waals surface area contributed by atoms with Gasteiger partial charge in [-0.25, -0.2) is 4.21 Å². The minimum Gasteiger partial charge on any atom is -0.330 e. The summed E-state index contributed by atoms with van der Waals surface area (Å²) in [6.07, 6.45) is 1.58. The summed E-state index contributed by atoms with van der Waals surface area (Å²) in [7, 11) is -2.53. The van der Waals surface area contributed by atoms with Crippen LogP contribution >= 0.6 is 28.1 Å². The summed E-state index contributed by atoms with van der Waals surface area (Å²) in [6.45, 7) is 0. The van der Waals surface area contributed by atoms with Crippen LogP contribution in [-0.4, -0.2) is 15.6 Å². The van der Waals surface area contributed by atoms with Crippen LogP contribution < -0.4 is 5.32 Å². The summed E-state index contributed by atoms with van der Waals surface area (Å²) in [5.41, 5.74) is 0.810. The lowest BCUT2D eigenvalue weighted by Crippen LogP contribution is -2.09. The molecule has 2 aromatic rings. The second kappa shape index (κ2) is 6.47. The highest BCUT2D eigenvalue weighted by Crippen LogP contribution is 2.15. The van der Waals surface area contributed by atoms with Gasteiger partial charge in [-0.15, -0.1) is 0 Å². The number of nitrogens with one attached hydrogen (secondary N) is 1. The summed E-state index contributed by atoms with van der Waals surface area (Å²) in [5, 5.41) is 3.17. The van der Waals surface area contributed by atoms with Gasteiger partial charge in [0.05, 0.1) is 9.73 Å². The highest BCUT2D eigenvalue weighted by Gasteiger charge is 2.06. The number of benzene rings is 2. The van der Waals surface area contributed by atoms with Gasteiger partial charge >= 0.3 is 0 Å². The Labute approximate surface area is 132 Å². The standard InChI is InChI=1S/C14H13BrN2OS2/c1-20(18,13-5-3-2-4-6-13)17-14(19)16-12-9-7-11(15)8-10-12/h2-10H,1H3,(H,16,19). The van der Waals surface area contributed by atoms with Crippen LogP contribution in [0.15, 0.2) is 68.3 Å². The zero-order valence-electron chi connectivity index (χ0n) is 10.7. The van der Waals surface area contributed by atoms with E-state index in [2.05, 4.69) is 25.6 Å². The quantitative estimate of drug-likeness (QED) is 0.803. The van der Waals surface area contributed by atoms with Crippen LogP contribution in [-0.2, 0) is 9.73 Å². The van der Waals surface area contributed by atoms with Gasteiger partial charge in [-0.1, -0.05) is 34.1 Å². The monoisotopic (exact) mass is 368 g/mol. The number of hydrogen-bond acceptors (Lipinski definition) is 2. The molecule has 1 unspecified atom stereocenters. The van der Waals surface area contributed by atoms with E-state index >= 15 is 0 Å². The Kier molecular flexibility index (Phi) is 4.91. The molecule has 0 radical (unpaired) electrons. The van der Waals surface area contributed by atoms with Crippen LogP contribution in [0.3, 0.4) is 0 Å². The minimum atomic E-state index is -2.53. The Morgan fingerprint density at radius 3 is 2.35 bits per heavy atom. The van der Waals surface area contributed by atoms with E-state index in [9.17, 15) is 4.21 Å². The molecule has 0 heterocycles. The molecule has 0 spiro atoms. The maximum atomic E-state index is 12.5. The van der Waals surface area contributed by atoms with E-state index in [1.165, 1.54) is 0 Å². The summed E-state index contributed by atoms with van der Waals surface area (Å²) in [5.74, 6) is 0. The highest BCUT2D eigenvalue weighted by molar-refractivity contribution is 9.10. The zero-order valence-corrected chi connectivity index (χ0v) is 14.0. The van der Waals surface area contributed by atoms with E-state index in [4.69, 9.17) is 12.2 Å². The Morgan fingerprint density at radius 1 is 1.15 bits per heavy atom. The summed E-state index contributed by atoms with van der Waals surface area (Å²) >= 11 is 8.51. The molecular weight excluding hydrogens is 356 g/mol. The normalized spacial score (nSPS) is 13.3. The van der Waals surface area contributed by atoms with Gasteiger partial charge < -0.3 is 5.32 Å². The van der Waals surface area contributed by atoms with Crippen LogP contribution in [0.5, 0.6) is 0 Å². The van der Waals surface area contributed by atoms with Crippen molar-refractivity contribution in [1.82, 2.24) is 0 Å². The number of rotatable bonds is 2. The molecule has 6 heteroatoms. The maximum Gasteiger partial charge on any atom is 0.206 e. The van der Waals surface area contributed by atoms with Crippen molar-refractivity contribution in [3.63, 3.8) is 0 Å². The second-order valence-electron chi connectivity index (χ2n) is 4.14. The predicted molar refractivity (Wildman–Crippen MR) is 91.6 cm³/mol. The van der Waals surface area contributed by atoms with Gasteiger partial charge in [0.1, 0.15) is 0 Å². The SMILES string of the molecule is CS(=O)(=NC(=S)Nc1ccc(Br)cc1)c1ccccc1. The lowest BCUT2D eigenvalue weighted by molar-refractivity contribution is 0.681. The number of hydrogen-bond donors (Lipinski definition) is 1. The Bertz CT molecular complexity index is 721. The Morgan fingerprint density at radius 2 is 1.75 bits per heavy atom. The first-order valence-corrected chi connectivity index (χ1v) is 8.93. The molecule has 2 aromatic carbocycles. The summed E-state index contributed by atoms with van der Waals surface area (Å²) in [4.78, 5) is 0.667. The maximum absolute atomic E-state index is 12.5. The minimum absolute atomic E-state index is 0.212. The van der Waals surface area contributed by atoms with Crippen molar-refractivity contribution in [1.29, 1.82) is 0 Å². The van der Waals surface area contributed by atoms with Crippen molar-refractivity contribution < 1.29 is 4.21 Å². The third kappa shape index (κ3) is 4.13. The topological polar surface area (TPSA) is 41.5 Å². The van der Waals surface area contributed by atoms with Crippen molar-refractivity contribution in [3.05, 3.63) is 59.1 Å². The lowest BCUT2D eigenvalue weighted by Gasteiger charge is -2.07. The number of halogens is 1. The van der Waals surface area contributed by atoms with Crippen LogP contribution in [0, 0.1) is 0 Å². The van der Waals surface area contributed by atoms with Crippen LogP contribution in [0.25, 0.3) is 0 Å². The van der Waals surface area contributed by atoms with Crippen molar-refractivity contribution in [2.75, 3.05) is 11.6 Å². The second-order valence-corrected chi connectivity index (χ2v) is 7.71. The lowest BCUT2D eigenvalue weighted by atomic mass is 10.3. The molecule has 0 bridgehead atoms. The van der Waals surface area contributed by atoms with Crippen LogP contribution in [0.2, 0.25) is 0 Å².